The molecule has 2 aliphatic rings. The van der Waals surface area contributed by atoms with Gasteiger partial charge in [0.05, 0.1) is 10.2 Å². The molecule has 0 bridgehead atoms. The maximum absolute atomic E-state index is 4.96. The zero-order chi connectivity index (χ0) is 14.3. The number of halogens is 1. The number of nitrogens with one attached hydrogen (secondary N) is 1. The quantitative estimate of drug-likeness (QED) is 0.853. The predicted octanol–water partition coefficient (Wildman–Crippen LogP) is 4.84. The highest BCUT2D eigenvalue weighted by Gasteiger charge is 2.49. The summed E-state index contributed by atoms with van der Waals surface area (Å²) in [6, 6.07) is 0. The van der Waals surface area contributed by atoms with Crippen molar-refractivity contribution < 1.29 is 0 Å². The molecule has 2 fully saturated rings. The molecule has 1 N–H and O–H groups in total. The number of aromatic nitrogens is 2. The Morgan fingerprint density at radius 1 is 1.25 bits per heavy atom. The first-order valence-electron chi connectivity index (χ1n) is 7.84. The number of nitrogens with zero attached hydrogens (tertiary/aromatic N) is 2. The monoisotopic (exact) mass is 337 g/mol. The molecule has 2 saturated carbocycles. The van der Waals surface area contributed by atoms with E-state index < -0.39 is 0 Å². The molecule has 1 aromatic heterocycles. The molecule has 1 heterocycles. The van der Waals surface area contributed by atoms with Crippen LogP contribution in [0, 0.1) is 5.41 Å². The highest BCUT2D eigenvalue weighted by atomic mass is 79.9. The van der Waals surface area contributed by atoms with Gasteiger partial charge in [-0.2, -0.15) is 0 Å². The molecule has 3 nitrogen and oxygen atoms in total. The molecule has 20 heavy (non-hydrogen) atoms. The average molecular weight is 338 g/mol. The highest BCUT2D eigenvalue weighted by molar-refractivity contribution is 9.10. The van der Waals surface area contributed by atoms with Crippen LogP contribution in [-0.2, 0) is 0 Å². The van der Waals surface area contributed by atoms with Crippen molar-refractivity contribution in [2.75, 3.05) is 11.9 Å². The Labute approximate surface area is 130 Å². The van der Waals surface area contributed by atoms with Gasteiger partial charge in [-0.25, -0.2) is 9.97 Å². The van der Waals surface area contributed by atoms with E-state index in [-0.39, 0.29) is 0 Å². The Balaban J connectivity index is 1.98. The lowest BCUT2D eigenvalue weighted by Crippen LogP contribution is -2.10. The van der Waals surface area contributed by atoms with E-state index in [1.807, 2.05) is 0 Å². The molecule has 0 amide bonds. The zero-order valence-electron chi connectivity index (χ0n) is 12.7. The van der Waals surface area contributed by atoms with Crippen LogP contribution in [0.3, 0.4) is 0 Å². The second-order valence-electron chi connectivity index (χ2n) is 6.89. The SMILES string of the molecule is CCNc1nc(C2CC2(C)C)nc(C2CCCC2)c1Br. The van der Waals surface area contributed by atoms with Crippen molar-refractivity contribution in [2.45, 2.75) is 64.7 Å². The van der Waals surface area contributed by atoms with Crippen molar-refractivity contribution >= 4 is 21.7 Å². The van der Waals surface area contributed by atoms with E-state index in [2.05, 4.69) is 42.0 Å². The van der Waals surface area contributed by atoms with Crippen molar-refractivity contribution in [3.8, 4) is 0 Å². The topological polar surface area (TPSA) is 37.8 Å². The maximum Gasteiger partial charge on any atom is 0.144 e. The molecule has 4 heteroatoms. The van der Waals surface area contributed by atoms with E-state index in [4.69, 9.17) is 9.97 Å². The van der Waals surface area contributed by atoms with Gasteiger partial charge in [-0.3, -0.25) is 0 Å². The molecule has 0 aliphatic heterocycles. The van der Waals surface area contributed by atoms with E-state index in [1.54, 1.807) is 0 Å². The minimum Gasteiger partial charge on any atom is -0.369 e. The summed E-state index contributed by atoms with van der Waals surface area (Å²) in [5.41, 5.74) is 1.62. The third-order valence-electron chi connectivity index (χ3n) is 4.81. The Morgan fingerprint density at radius 2 is 1.90 bits per heavy atom. The van der Waals surface area contributed by atoms with Gasteiger partial charge in [0.1, 0.15) is 11.6 Å². The van der Waals surface area contributed by atoms with Crippen LogP contribution in [0.25, 0.3) is 0 Å². The third kappa shape index (κ3) is 2.59. The third-order valence-corrected chi connectivity index (χ3v) is 5.59. The Hall–Kier alpha value is -0.640. The summed E-state index contributed by atoms with van der Waals surface area (Å²) in [5, 5.41) is 3.39. The molecule has 110 valence electrons. The summed E-state index contributed by atoms with van der Waals surface area (Å²) < 4.78 is 1.09. The molecule has 1 aromatic rings. The Morgan fingerprint density at radius 3 is 2.45 bits per heavy atom. The smallest absolute Gasteiger partial charge is 0.144 e. The first-order chi connectivity index (χ1) is 9.53. The van der Waals surface area contributed by atoms with Crippen LogP contribution in [0.1, 0.15) is 76.2 Å². The van der Waals surface area contributed by atoms with Crippen molar-refractivity contribution in [1.82, 2.24) is 9.97 Å². The van der Waals surface area contributed by atoms with Crippen LogP contribution >= 0.6 is 15.9 Å². The Bertz CT molecular complexity index is 507. The number of rotatable bonds is 4. The number of hydrogen-bond acceptors (Lipinski definition) is 3. The fraction of sp³-hybridized carbons (Fsp3) is 0.750. The van der Waals surface area contributed by atoms with Gasteiger partial charge in [-0.1, -0.05) is 26.7 Å². The summed E-state index contributed by atoms with van der Waals surface area (Å²) in [6.45, 7) is 7.63. The summed E-state index contributed by atoms with van der Waals surface area (Å²) in [6.07, 6.45) is 6.43. The van der Waals surface area contributed by atoms with Gasteiger partial charge < -0.3 is 5.32 Å². The van der Waals surface area contributed by atoms with Crippen molar-refractivity contribution in [3.63, 3.8) is 0 Å². The fourth-order valence-corrected chi connectivity index (χ4v) is 3.94. The minimum atomic E-state index is 0.379. The van der Waals surface area contributed by atoms with E-state index >= 15 is 0 Å². The van der Waals surface area contributed by atoms with E-state index in [0.29, 0.717) is 17.3 Å². The van der Waals surface area contributed by atoms with Crippen LogP contribution < -0.4 is 5.32 Å². The minimum absolute atomic E-state index is 0.379. The largest absolute Gasteiger partial charge is 0.369 e. The second kappa shape index (κ2) is 5.28. The summed E-state index contributed by atoms with van der Waals surface area (Å²) >= 11 is 3.74. The van der Waals surface area contributed by atoms with Gasteiger partial charge in [-0.15, -0.1) is 0 Å². The molecule has 3 rings (SSSR count). The van der Waals surface area contributed by atoms with Gasteiger partial charge in [0.15, 0.2) is 0 Å². The molecule has 0 spiro atoms. The van der Waals surface area contributed by atoms with Crippen LogP contribution in [0.2, 0.25) is 0 Å². The molecular weight excluding hydrogens is 314 g/mol. The average Bonchev–Trinajstić information content (AvgIpc) is 2.83. The fourth-order valence-electron chi connectivity index (χ4n) is 3.30. The first kappa shape index (κ1) is 14.3. The van der Waals surface area contributed by atoms with Gasteiger partial charge in [0, 0.05) is 18.4 Å². The van der Waals surface area contributed by atoms with Gasteiger partial charge in [0.2, 0.25) is 0 Å². The van der Waals surface area contributed by atoms with Crippen LogP contribution in [-0.4, -0.2) is 16.5 Å². The van der Waals surface area contributed by atoms with E-state index in [1.165, 1.54) is 37.8 Å². The number of hydrogen-bond donors (Lipinski definition) is 1. The summed E-state index contributed by atoms with van der Waals surface area (Å²) in [7, 11) is 0. The Kier molecular flexibility index (Phi) is 3.78. The normalized spacial score (nSPS) is 24.9. The lowest BCUT2D eigenvalue weighted by molar-refractivity contribution is 0.601. The summed E-state index contributed by atoms with van der Waals surface area (Å²) in [5.74, 6) is 3.19. The molecule has 2 aliphatic carbocycles. The van der Waals surface area contributed by atoms with Crippen LogP contribution in [0.4, 0.5) is 5.82 Å². The second-order valence-corrected chi connectivity index (χ2v) is 7.68. The maximum atomic E-state index is 4.96. The first-order valence-corrected chi connectivity index (χ1v) is 8.63. The molecule has 0 aromatic carbocycles. The van der Waals surface area contributed by atoms with E-state index in [0.717, 1.165) is 22.7 Å². The zero-order valence-corrected chi connectivity index (χ0v) is 14.3. The lowest BCUT2D eigenvalue weighted by atomic mass is 10.0. The van der Waals surface area contributed by atoms with Crippen LogP contribution in [0.5, 0.6) is 0 Å². The highest BCUT2D eigenvalue weighted by Crippen LogP contribution is 2.58. The van der Waals surface area contributed by atoms with Gasteiger partial charge in [-0.05, 0) is 47.5 Å². The standard InChI is InChI=1S/C16H24BrN3/c1-4-18-15-12(17)13(10-7-5-6-8-10)19-14(20-15)11-9-16(11,2)3/h10-11H,4-9H2,1-3H3,(H,18,19,20). The van der Waals surface area contributed by atoms with Crippen molar-refractivity contribution in [2.24, 2.45) is 5.41 Å². The van der Waals surface area contributed by atoms with Gasteiger partial charge in [0.25, 0.3) is 0 Å². The lowest BCUT2D eigenvalue weighted by Gasteiger charge is -2.16. The predicted molar refractivity (Wildman–Crippen MR) is 86.2 cm³/mol. The molecule has 1 atom stereocenters. The molecule has 1 unspecified atom stereocenters. The van der Waals surface area contributed by atoms with Gasteiger partial charge >= 0.3 is 0 Å². The number of anilines is 1. The van der Waals surface area contributed by atoms with Crippen molar-refractivity contribution in [3.05, 3.63) is 16.0 Å². The van der Waals surface area contributed by atoms with Crippen molar-refractivity contribution in [1.29, 1.82) is 0 Å². The molecular formula is C16H24BrN3. The molecule has 0 saturated heterocycles. The van der Waals surface area contributed by atoms with E-state index in [9.17, 15) is 0 Å². The molecule has 0 radical (unpaired) electrons. The van der Waals surface area contributed by atoms with Crippen LogP contribution in [0.15, 0.2) is 4.47 Å². The summed E-state index contributed by atoms with van der Waals surface area (Å²) in [4.78, 5) is 9.74.